The number of nitrogens with one attached hydrogen (secondary N) is 1. The minimum absolute atomic E-state index is 0.736. The van der Waals surface area contributed by atoms with Gasteiger partial charge in [0.1, 0.15) is 0 Å². The lowest BCUT2D eigenvalue weighted by Crippen LogP contribution is -2.44. The summed E-state index contributed by atoms with van der Waals surface area (Å²) in [6.45, 7) is 8.53. The van der Waals surface area contributed by atoms with Crippen molar-refractivity contribution in [1.29, 1.82) is 0 Å². The van der Waals surface area contributed by atoms with Gasteiger partial charge >= 0.3 is 0 Å². The van der Waals surface area contributed by atoms with Gasteiger partial charge in [0.15, 0.2) is 0 Å². The number of hydrogen-bond donors (Lipinski definition) is 1. The predicted octanol–water partition coefficient (Wildman–Crippen LogP) is 3.03. The maximum Gasteiger partial charge on any atom is 0.0197 e. The van der Waals surface area contributed by atoms with Crippen molar-refractivity contribution < 1.29 is 0 Å². The van der Waals surface area contributed by atoms with Crippen LogP contribution in [0.25, 0.3) is 0 Å². The van der Waals surface area contributed by atoms with Gasteiger partial charge in [0.2, 0.25) is 0 Å². The second-order valence-electron chi connectivity index (χ2n) is 6.42. The summed E-state index contributed by atoms with van der Waals surface area (Å²) >= 11 is 0. The number of rotatable bonds is 3. The van der Waals surface area contributed by atoms with Gasteiger partial charge in [0, 0.05) is 18.6 Å². The van der Waals surface area contributed by atoms with Crippen molar-refractivity contribution in [3.8, 4) is 0 Å². The molecule has 0 aromatic carbocycles. The van der Waals surface area contributed by atoms with E-state index in [0.29, 0.717) is 0 Å². The Morgan fingerprint density at radius 2 is 1.88 bits per heavy atom. The molecule has 0 aromatic rings. The molecule has 0 amide bonds. The lowest BCUT2D eigenvalue weighted by molar-refractivity contribution is 0.149. The van der Waals surface area contributed by atoms with E-state index in [1.807, 2.05) is 0 Å². The van der Waals surface area contributed by atoms with Crippen LogP contribution >= 0.6 is 0 Å². The van der Waals surface area contributed by atoms with E-state index in [1.54, 1.807) is 0 Å². The summed E-state index contributed by atoms with van der Waals surface area (Å²) in [5.41, 5.74) is 0. The van der Waals surface area contributed by atoms with Crippen LogP contribution in [0.2, 0.25) is 0 Å². The summed E-state index contributed by atoms with van der Waals surface area (Å²) in [5, 5.41) is 3.74. The molecule has 2 nitrogen and oxygen atoms in total. The summed E-state index contributed by atoms with van der Waals surface area (Å²) in [6.07, 6.45) is 9.97. The van der Waals surface area contributed by atoms with E-state index in [0.717, 1.165) is 18.0 Å². The predicted molar refractivity (Wildman–Crippen MR) is 74.3 cm³/mol. The van der Waals surface area contributed by atoms with Gasteiger partial charge in [-0.1, -0.05) is 33.1 Å². The van der Waals surface area contributed by atoms with E-state index >= 15 is 0 Å². The second-order valence-corrected chi connectivity index (χ2v) is 6.42. The minimum Gasteiger partial charge on any atom is -0.313 e. The van der Waals surface area contributed by atoms with Crippen molar-refractivity contribution in [2.45, 2.75) is 70.9 Å². The second kappa shape index (κ2) is 6.75. The molecule has 17 heavy (non-hydrogen) atoms. The van der Waals surface area contributed by atoms with Crippen LogP contribution in [0.4, 0.5) is 0 Å². The molecular weight excluding hydrogens is 208 g/mol. The monoisotopic (exact) mass is 238 g/mol. The van der Waals surface area contributed by atoms with Crippen molar-refractivity contribution in [3.05, 3.63) is 0 Å². The van der Waals surface area contributed by atoms with Crippen LogP contribution in [0.1, 0.15) is 58.8 Å². The third-order valence-electron chi connectivity index (χ3n) is 4.36. The molecule has 100 valence electrons. The zero-order chi connectivity index (χ0) is 12.1. The SMILES string of the molecule is CC(C)CC1CN(C2CCCCC2)CCCN1. The Labute approximate surface area is 107 Å². The molecule has 1 saturated carbocycles. The smallest absolute Gasteiger partial charge is 0.0197 e. The van der Waals surface area contributed by atoms with Gasteiger partial charge in [-0.05, 0) is 44.7 Å². The molecule has 0 aromatic heterocycles. The Morgan fingerprint density at radius 3 is 2.59 bits per heavy atom. The zero-order valence-electron chi connectivity index (χ0n) is 11.8. The van der Waals surface area contributed by atoms with Crippen LogP contribution in [-0.2, 0) is 0 Å². The molecule has 1 heterocycles. The molecule has 1 N–H and O–H groups in total. The Kier molecular flexibility index (Phi) is 5.30. The highest BCUT2D eigenvalue weighted by atomic mass is 15.2. The van der Waals surface area contributed by atoms with Gasteiger partial charge in [-0.25, -0.2) is 0 Å². The molecule has 2 rings (SSSR count). The maximum atomic E-state index is 3.74. The van der Waals surface area contributed by atoms with E-state index in [-0.39, 0.29) is 0 Å². The number of nitrogens with zero attached hydrogens (tertiary/aromatic N) is 1. The summed E-state index contributed by atoms with van der Waals surface area (Å²) in [4.78, 5) is 2.80. The van der Waals surface area contributed by atoms with Crippen molar-refractivity contribution in [2.75, 3.05) is 19.6 Å². The summed E-state index contributed by atoms with van der Waals surface area (Å²) in [6, 6.07) is 1.64. The van der Waals surface area contributed by atoms with Crippen LogP contribution < -0.4 is 5.32 Å². The van der Waals surface area contributed by atoms with Crippen molar-refractivity contribution in [1.82, 2.24) is 10.2 Å². The normalized spacial score (nSPS) is 29.5. The highest BCUT2D eigenvalue weighted by molar-refractivity contribution is 4.83. The molecule has 0 bridgehead atoms. The van der Waals surface area contributed by atoms with Crippen molar-refractivity contribution >= 4 is 0 Å². The third-order valence-corrected chi connectivity index (χ3v) is 4.36. The van der Waals surface area contributed by atoms with Gasteiger partial charge in [-0.3, -0.25) is 4.90 Å². The van der Waals surface area contributed by atoms with Gasteiger partial charge in [-0.2, -0.15) is 0 Å². The van der Waals surface area contributed by atoms with Gasteiger partial charge in [-0.15, -0.1) is 0 Å². The average molecular weight is 238 g/mol. The van der Waals surface area contributed by atoms with Crippen molar-refractivity contribution in [3.63, 3.8) is 0 Å². The minimum atomic E-state index is 0.736. The molecule has 2 heteroatoms. The van der Waals surface area contributed by atoms with Crippen LogP contribution in [0.5, 0.6) is 0 Å². The fourth-order valence-electron chi connectivity index (χ4n) is 3.53. The first-order valence-electron chi connectivity index (χ1n) is 7.73. The van der Waals surface area contributed by atoms with Crippen LogP contribution in [0.3, 0.4) is 0 Å². The molecule has 0 radical (unpaired) electrons. The molecule has 1 aliphatic heterocycles. The van der Waals surface area contributed by atoms with E-state index in [1.165, 1.54) is 64.6 Å². The molecule has 2 fully saturated rings. The van der Waals surface area contributed by atoms with E-state index in [4.69, 9.17) is 0 Å². The first-order chi connectivity index (χ1) is 8.25. The Balaban J connectivity index is 1.86. The Hall–Kier alpha value is -0.0800. The summed E-state index contributed by atoms with van der Waals surface area (Å²) in [7, 11) is 0. The van der Waals surface area contributed by atoms with Gasteiger partial charge in [0.05, 0.1) is 0 Å². The van der Waals surface area contributed by atoms with Crippen LogP contribution in [0.15, 0.2) is 0 Å². The highest BCUT2D eigenvalue weighted by Crippen LogP contribution is 2.24. The molecular formula is C15H30N2. The average Bonchev–Trinajstić information content (AvgIpc) is 2.55. The first kappa shape index (κ1) is 13.4. The quantitative estimate of drug-likeness (QED) is 0.813. The molecule has 1 unspecified atom stereocenters. The molecule has 2 aliphatic rings. The number of hydrogen-bond acceptors (Lipinski definition) is 2. The van der Waals surface area contributed by atoms with E-state index < -0.39 is 0 Å². The largest absolute Gasteiger partial charge is 0.313 e. The van der Waals surface area contributed by atoms with E-state index in [2.05, 4.69) is 24.1 Å². The Morgan fingerprint density at radius 1 is 1.12 bits per heavy atom. The van der Waals surface area contributed by atoms with Gasteiger partial charge in [0.25, 0.3) is 0 Å². The third kappa shape index (κ3) is 4.26. The molecule has 1 atom stereocenters. The summed E-state index contributed by atoms with van der Waals surface area (Å²) in [5.74, 6) is 0.818. The van der Waals surface area contributed by atoms with Crippen LogP contribution in [0, 0.1) is 5.92 Å². The molecule has 1 aliphatic carbocycles. The summed E-state index contributed by atoms with van der Waals surface area (Å²) < 4.78 is 0. The topological polar surface area (TPSA) is 15.3 Å². The highest BCUT2D eigenvalue weighted by Gasteiger charge is 2.25. The van der Waals surface area contributed by atoms with Crippen molar-refractivity contribution in [2.24, 2.45) is 5.92 Å². The zero-order valence-corrected chi connectivity index (χ0v) is 11.8. The molecule has 1 saturated heterocycles. The molecule has 0 spiro atoms. The lowest BCUT2D eigenvalue weighted by Gasteiger charge is -2.35. The lowest BCUT2D eigenvalue weighted by atomic mass is 9.93. The fraction of sp³-hybridized carbons (Fsp3) is 1.00. The standard InChI is InChI=1S/C15H30N2/c1-13(2)11-14-12-17(10-6-9-16-14)15-7-4-3-5-8-15/h13-16H,3-12H2,1-2H3. The first-order valence-corrected chi connectivity index (χ1v) is 7.73. The fourth-order valence-corrected chi connectivity index (χ4v) is 3.53. The van der Waals surface area contributed by atoms with E-state index in [9.17, 15) is 0 Å². The Bertz CT molecular complexity index is 209. The van der Waals surface area contributed by atoms with Gasteiger partial charge < -0.3 is 5.32 Å². The van der Waals surface area contributed by atoms with Crippen LogP contribution in [-0.4, -0.2) is 36.6 Å². The maximum absolute atomic E-state index is 3.74.